The Morgan fingerprint density at radius 3 is 2.93 bits per heavy atom. The van der Waals surface area contributed by atoms with Gasteiger partial charge in [-0.25, -0.2) is 0 Å². The van der Waals surface area contributed by atoms with Crippen molar-refractivity contribution in [2.24, 2.45) is 0 Å². The topological polar surface area (TPSA) is 75.6 Å². The van der Waals surface area contributed by atoms with Gasteiger partial charge in [0, 0.05) is 36.1 Å². The fourth-order valence-electron chi connectivity index (χ4n) is 3.39. The minimum atomic E-state index is -0.180. The number of aromatic amines is 1. The van der Waals surface area contributed by atoms with Crippen LogP contribution in [0.1, 0.15) is 34.4 Å². The van der Waals surface area contributed by atoms with Crippen LogP contribution in [-0.4, -0.2) is 31.7 Å². The number of carbonyl (C=O) groups is 1. The second-order valence-corrected chi connectivity index (χ2v) is 7.13. The van der Waals surface area contributed by atoms with E-state index in [4.69, 9.17) is 0 Å². The first-order chi connectivity index (χ1) is 13.6. The van der Waals surface area contributed by atoms with E-state index < -0.39 is 0 Å². The molecular formula is C22H23N5O. The molecule has 0 saturated heterocycles. The van der Waals surface area contributed by atoms with Crippen molar-refractivity contribution in [3.05, 3.63) is 83.6 Å². The molecule has 142 valence electrons. The Labute approximate surface area is 163 Å². The highest BCUT2D eigenvalue weighted by Gasteiger charge is 2.15. The Balaban J connectivity index is 1.41. The third kappa shape index (κ3) is 3.81. The second-order valence-electron chi connectivity index (χ2n) is 7.13. The number of aromatic nitrogens is 4. The van der Waals surface area contributed by atoms with Gasteiger partial charge < -0.3 is 9.88 Å². The summed E-state index contributed by atoms with van der Waals surface area (Å²) < 4.78 is 2.14. The highest BCUT2D eigenvalue weighted by Crippen LogP contribution is 2.16. The number of nitrogens with one attached hydrogen (secondary N) is 2. The van der Waals surface area contributed by atoms with Gasteiger partial charge in [-0.3, -0.25) is 14.9 Å². The van der Waals surface area contributed by atoms with E-state index in [-0.39, 0.29) is 11.9 Å². The lowest BCUT2D eigenvalue weighted by Gasteiger charge is -2.13. The largest absolute Gasteiger partial charge is 0.348 e. The third-order valence-corrected chi connectivity index (χ3v) is 4.88. The molecule has 0 unspecified atom stereocenters. The summed E-state index contributed by atoms with van der Waals surface area (Å²) in [5, 5.41) is 11.4. The summed E-state index contributed by atoms with van der Waals surface area (Å²) in [5.41, 5.74) is 4.57. The molecule has 0 radical (unpaired) electrons. The Morgan fingerprint density at radius 2 is 2.07 bits per heavy atom. The van der Waals surface area contributed by atoms with E-state index in [2.05, 4.69) is 43.3 Å². The van der Waals surface area contributed by atoms with Crippen LogP contribution in [0.15, 0.2) is 60.9 Å². The number of hydrogen-bond acceptors (Lipinski definition) is 3. The summed E-state index contributed by atoms with van der Waals surface area (Å²) in [6.45, 7) is 4.64. The lowest BCUT2D eigenvalue weighted by atomic mass is 10.1. The highest BCUT2D eigenvalue weighted by atomic mass is 16.2. The molecule has 4 aromatic rings. The highest BCUT2D eigenvalue weighted by molar-refractivity contribution is 5.92. The third-order valence-electron chi connectivity index (χ3n) is 4.88. The van der Waals surface area contributed by atoms with Gasteiger partial charge in [0.1, 0.15) is 5.69 Å². The van der Waals surface area contributed by atoms with Crippen molar-refractivity contribution in [3.63, 3.8) is 0 Å². The number of pyridine rings is 1. The molecule has 0 aliphatic rings. The fourth-order valence-corrected chi connectivity index (χ4v) is 3.39. The SMILES string of the molecule is Cc1cccnc1C[C@@H](C)NC(=O)c1cc(Cn2ccc3ccccc32)[nH]n1. The van der Waals surface area contributed by atoms with Gasteiger partial charge in [0.2, 0.25) is 0 Å². The standard InChI is InChI=1S/C22H23N5O/c1-15-6-5-10-23-19(15)12-16(2)24-22(28)20-13-18(25-26-20)14-27-11-9-17-7-3-4-8-21(17)27/h3-11,13,16H,12,14H2,1-2H3,(H,24,28)(H,25,26)/t16-/m1/s1. The Hall–Kier alpha value is -3.41. The molecule has 0 saturated carbocycles. The Kier molecular flexibility index (Phi) is 4.93. The molecule has 2 N–H and O–H groups in total. The molecule has 1 amide bonds. The number of hydrogen-bond donors (Lipinski definition) is 2. The van der Waals surface area contributed by atoms with Gasteiger partial charge in [0.15, 0.2) is 0 Å². The second kappa shape index (κ2) is 7.68. The van der Waals surface area contributed by atoms with Gasteiger partial charge in [0.25, 0.3) is 5.91 Å². The van der Waals surface area contributed by atoms with Crippen molar-refractivity contribution in [3.8, 4) is 0 Å². The van der Waals surface area contributed by atoms with Crippen LogP contribution >= 0.6 is 0 Å². The van der Waals surface area contributed by atoms with Crippen LogP contribution in [-0.2, 0) is 13.0 Å². The van der Waals surface area contributed by atoms with Crippen molar-refractivity contribution in [2.75, 3.05) is 0 Å². The average Bonchev–Trinajstić information content (AvgIpc) is 3.32. The van der Waals surface area contributed by atoms with E-state index >= 15 is 0 Å². The predicted molar refractivity (Wildman–Crippen MR) is 109 cm³/mol. The van der Waals surface area contributed by atoms with Crippen LogP contribution in [0.2, 0.25) is 0 Å². The van der Waals surface area contributed by atoms with E-state index in [0.717, 1.165) is 22.5 Å². The minimum Gasteiger partial charge on any atom is -0.348 e. The number of benzene rings is 1. The van der Waals surface area contributed by atoms with Crippen molar-refractivity contribution in [1.82, 2.24) is 25.1 Å². The molecule has 1 atom stereocenters. The molecule has 6 nitrogen and oxygen atoms in total. The maximum Gasteiger partial charge on any atom is 0.271 e. The molecule has 4 rings (SSSR count). The smallest absolute Gasteiger partial charge is 0.271 e. The maximum absolute atomic E-state index is 12.5. The molecule has 0 fully saturated rings. The maximum atomic E-state index is 12.5. The van der Waals surface area contributed by atoms with Crippen LogP contribution in [0, 0.1) is 6.92 Å². The molecule has 1 aromatic carbocycles. The number of rotatable bonds is 6. The van der Waals surface area contributed by atoms with Crippen LogP contribution in [0.4, 0.5) is 0 Å². The number of nitrogens with zero attached hydrogens (tertiary/aromatic N) is 3. The zero-order chi connectivity index (χ0) is 19.5. The predicted octanol–water partition coefficient (Wildman–Crippen LogP) is 3.48. The van der Waals surface area contributed by atoms with E-state index in [1.165, 1.54) is 5.39 Å². The van der Waals surface area contributed by atoms with Crippen LogP contribution in [0.5, 0.6) is 0 Å². The molecule has 6 heteroatoms. The molecule has 0 bridgehead atoms. The lowest BCUT2D eigenvalue weighted by molar-refractivity contribution is 0.0935. The molecule has 28 heavy (non-hydrogen) atoms. The number of carbonyl (C=O) groups excluding carboxylic acids is 1. The lowest BCUT2D eigenvalue weighted by Crippen LogP contribution is -2.34. The van der Waals surface area contributed by atoms with Crippen molar-refractivity contribution in [2.45, 2.75) is 32.9 Å². The number of H-pyrrole nitrogens is 1. The number of amides is 1. The van der Waals surface area contributed by atoms with Gasteiger partial charge in [0.05, 0.1) is 12.2 Å². The van der Waals surface area contributed by atoms with Gasteiger partial charge in [-0.15, -0.1) is 0 Å². The molecule has 3 heterocycles. The quantitative estimate of drug-likeness (QED) is 0.543. The summed E-state index contributed by atoms with van der Waals surface area (Å²) in [6, 6.07) is 16.0. The molecule has 0 aliphatic heterocycles. The molecule has 3 aromatic heterocycles. The van der Waals surface area contributed by atoms with Gasteiger partial charge in [-0.05, 0) is 49.1 Å². The Bertz CT molecular complexity index is 1110. The first-order valence-electron chi connectivity index (χ1n) is 9.39. The first kappa shape index (κ1) is 18.0. The van der Waals surface area contributed by atoms with Crippen LogP contribution in [0.25, 0.3) is 10.9 Å². The number of aryl methyl sites for hydroxylation is 1. The monoisotopic (exact) mass is 373 g/mol. The fraction of sp³-hybridized carbons (Fsp3) is 0.227. The van der Waals surface area contributed by atoms with Crippen LogP contribution < -0.4 is 5.32 Å². The van der Waals surface area contributed by atoms with Crippen molar-refractivity contribution in [1.29, 1.82) is 0 Å². The molecular weight excluding hydrogens is 350 g/mol. The average molecular weight is 373 g/mol. The van der Waals surface area contributed by atoms with Gasteiger partial charge in [-0.2, -0.15) is 5.10 Å². The van der Waals surface area contributed by atoms with Crippen molar-refractivity contribution < 1.29 is 4.79 Å². The Morgan fingerprint density at radius 1 is 1.21 bits per heavy atom. The van der Waals surface area contributed by atoms with E-state index in [0.29, 0.717) is 18.7 Å². The first-order valence-corrected chi connectivity index (χ1v) is 9.39. The molecule has 0 aliphatic carbocycles. The zero-order valence-corrected chi connectivity index (χ0v) is 16.0. The number of para-hydroxylation sites is 1. The summed E-state index contributed by atoms with van der Waals surface area (Å²) in [6.07, 6.45) is 4.51. The number of fused-ring (bicyclic) bond motifs is 1. The van der Waals surface area contributed by atoms with Gasteiger partial charge in [-0.1, -0.05) is 24.3 Å². The zero-order valence-electron chi connectivity index (χ0n) is 16.0. The summed E-state index contributed by atoms with van der Waals surface area (Å²) in [4.78, 5) is 16.9. The molecule has 0 spiro atoms. The van der Waals surface area contributed by atoms with Crippen molar-refractivity contribution >= 4 is 16.8 Å². The van der Waals surface area contributed by atoms with Gasteiger partial charge >= 0.3 is 0 Å². The van der Waals surface area contributed by atoms with E-state index in [9.17, 15) is 4.79 Å². The summed E-state index contributed by atoms with van der Waals surface area (Å²) in [7, 11) is 0. The minimum absolute atomic E-state index is 0.0327. The normalized spacial score (nSPS) is 12.2. The van der Waals surface area contributed by atoms with Crippen LogP contribution in [0.3, 0.4) is 0 Å². The summed E-state index contributed by atoms with van der Waals surface area (Å²) in [5.74, 6) is -0.180. The van der Waals surface area contributed by atoms with E-state index in [1.807, 2.05) is 50.4 Å². The summed E-state index contributed by atoms with van der Waals surface area (Å²) >= 11 is 0. The van der Waals surface area contributed by atoms with E-state index in [1.54, 1.807) is 6.20 Å².